The summed E-state index contributed by atoms with van der Waals surface area (Å²) in [6, 6.07) is -0.879. The van der Waals surface area contributed by atoms with E-state index < -0.39 is 12.0 Å². The highest BCUT2D eigenvalue weighted by atomic mass is 16.5. The molecule has 0 heterocycles. The van der Waals surface area contributed by atoms with Crippen molar-refractivity contribution in [3.05, 3.63) is 12.2 Å². The molecular weight excluding hydrogens is 258 g/mol. The average molecular weight is 283 g/mol. The predicted octanol–water partition coefficient (Wildman–Crippen LogP) is 2.12. The van der Waals surface area contributed by atoms with Crippen LogP contribution in [0.25, 0.3) is 0 Å². The third kappa shape index (κ3) is 6.19. The van der Waals surface area contributed by atoms with Crippen molar-refractivity contribution in [3.8, 4) is 0 Å². The Morgan fingerprint density at radius 2 is 2.10 bits per heavy atom. The lowest BCUT2D eigenvalue weighted by Crippen LogP contribution is -2.44. The number of carbonyl (C=O) groups is 2. The molecule has 114 valence electrons. The van der Waals surface area contributed by atoms with Crippen molar-refractivity contribution < 1.29 is 19.4 Å². The van der Waals surface area contributed by atoms with Gasteiger partial charge in [-0.25, -0.2) is 4.79 Å². The van der Waals surface area contributed by atoms with E-state index in [1.807, 2.05) is 26.8 Å². The summed E-state index contributed by atoms with van der Waals surface area (Å²) in [5.74, 6) is -1.29. The molecule has 1 aliphatic carbocycles. The van der Waals surface area contributed by atoms with Crippen LogP contribution in [-0.4, -0.2) is 35.2 Å². The summed E-state index contributed by atoms with van der Waals surface area (Å²) in [6.45, 7) is 6.05. The van der Waals surface area contributed by atoms with Crippen LogP contribution in [0.1, 0.15) is 46.5 Å². The summed E-state index contributed by atoms with van der Waals surface area (Å²) < 4.78 is 5.51. The van der Waals surface area contributed by atoms with E-state index in [0.717, 1.165) is 12.8 Å². The smallest absolute Gasteiger partial charge is 0.326 e. The van der Waals surface area contributed by atoms with Crippen molar-refractivity contribution in [2.24, 2.45) is 5.92 Å². The van der Waals surface area contributed by atoms with Crippen molar-refractivity contribution in [2.45, 2.75) is 58.1 Å². The molecule has 0 bridgehead atoms. The van der Waals surface area contributed by atoms with E-state index in [1.54, 1.807) is 0 Å². The molecule has 0 spiro atoms. The van der Waals surface area contributed by atoms with E-state index in [0.29, 0.717) is 13.0 Å². The zero-order valence-electron chi connectivity index (χ0n) is 12.5. The third-order valence-electron chi connectivity index (χ3n) is 3.20. The summed E-state index contributed by atoms with van der Waals surface area (Å²) in [4.78, 5) is 23.2. The molecule has 0 aromatic rings. The Labute approximate surface area is 120 Å². The van der Waals surface area contributed by atoms with E-state index >= 15 is 0 Å². The zero-order chi connectivity index (χ0) is 15.2. The molecule has 1 aliphatic rings. The van der Waals surface area contributed by atoms with E-state index in [2.05, 4.69) is 11.4 Å². The van der Waals surface area contributed by atoms with Crippen LogP contribution in [0.3, 0.4) is 0 Å². The lowest BCUT2D eigenvalue weighted by atomic mass is 9.93. The molecule has 0 aliphatic heterocycles. The summed E-state index contributed by atoms with van der Waals surface area (Å²) in [6.07, 6.45) is 6.66. The summed E-state index contributed by atoms with van der Waals surface area (Å²) >= 11 is 0. The number of hydrogen-bond donors (Lipinski definition) is 2. The first-order chi connectivity index (χ1) is 9.29. The molecule has 0 aromatic carbocycles. The Bertz CT molecular complexity index is 371. The molecular formula is C15H25NO4. The first-order valence-corrected chi connectivity index (χ1v) is 7.12. The van der Waals surface area contributed by atoms with Gasteiger partial charge in [-0.1, -0.05) is 12.2 Å². The molecule has 0 aromatic heterocycles. The van der Waals surface area contributed by atoms with E-state index in [1.165, 1.54) is 0 Å². The van der Waals surface area contributed by atoms with Crippen LogP contribution in [0.5, 0.6) is 0 Å². The number of nitrogens with one attached hydrogen (secondary N) is 1. The molecule has 0 radical (unpaired) electrons. The molecule has 1 rings (SSSR count). The number of carboxylic acids is 1. The number of carbonyl (C=O) groups excluding carboxylic acids is 1. The number of carboxylic acid groups (broad SMARTS) is 1. The quantitative estimate of drug-likeness (QED) is 0.732. The van der Waals surface area contributed by atoms with Crippen LogP contribution in [0.4, 0.5) is 0 Å². The topological polar surface area (TPSA) is 75.6 Å². The van der Waals surface area contributed by atoms with Gasteiger partial charge in [0.05, 0.1) is 5.60 Å². The Balaban J connectivity index is 2.44. The first-order valence-electron chi connectivity index (χ1n) is 7.12. The maximum atomic E-state index is 12.0. The van der Waals surface area contributed by atoms with Gasteiger partial charge in [-0.2, -0.15) is 0 Å². The Hall–Kier alpha value is -1.36. The van der Waals surface area contributed by atoms with Gasteiger partial charge in [0.1, 0.15) is 6.04 Å². The summed E-state index contributed by atoms with van der Waals surface area (Å²) in [5.41, 5.74) is -0.304. The van der Waals surface area contributed by atoms with Crippen LogP contribution in [-0.2, 0) is 14.3 Å². The number of aliphatic carboxylic acids is 1. The highest BCUT2D eigenvalue weighted by Gasteiger charge is 2.25. The summed E-state index contributed by atoms with van der Waals surface area (Å²) in [5, 5.41) is 11.8. The second-order valence-electron chi connectivity index (χ2n) is 6.13. The second-order valence-corrected chi connectivity index (χ2v) is 6.13. The monoisotopic (exact) mass is 283 g/mol. The molecule has 20 heavy (non-hydrogen) atoms. The largest absolute Gasteiger partial charge is 0.480 e. The Morgan fingerprint density at radius 3 is 2.60 bits per heavy atom. The molecule has 0 saturated heterocycles. The van der Waals surface area contributed by atoms with Gasteiger partial charge in [0.15, 0.2) is 0 Å². The fourth-order valence-electron chi connectivity index (χ4n) is 2.06. The fourth-order valence-corrected chi connectivity index (χ4v) is 2.06. The van der Waals surface area contributed by atoms with E-state index in [4.69, 9.17) is 9.84 Å². The van der Waals surface area contributed by atoms with Crippen molar-refractivity contribution in [2.75, 3.05) is 6.61 Å². The molecule has 0 fully saturated rings. The standard InChI is InChI=1S/C15H25NO4/c1-15(2,3)20-10-9-12(14(18)19)16-13(17)11-7-5-4-6-8-11/h4-5,11-12H,6-10H2,1-3H3,(H,16,17)(H,18,19). The molecule has 0 saturated carbocycles. The van der Waals surface area contributed by atoms with Crippen LogP contribution in [0, 0.1) is 5.92 Å². The Kier molecular flexibility index (Phi) is 6.20. The predicted molar refractivity (Wildman–Crippen MR) is 76.4 cm³/mol. The van der Waals surface area contributed by atoms with Gasteiger partial charge in [0, 0.05) is 18.9 Å². The average Bonchev–Trinajstić information content (AvgIpc) is 2.37. The number of ether oxygens (including phenoxy) is 1. The van der Waals surface area contributed by atoms with E-state index in [-0.39, 0.29) is 23.8 Å². The van der Waals surface area contributed by atoms with Crippen molar-refractivity contribution in [1.82, 2.24) is 5.32 Å². The maximum Gasteiger partial charge on any atom is 0.326 e. The van der Waals surface area contributed by atoms with Crippen molar-refractivity contribution in [3.63, 3.8) is 0 Å². The van der Waals surface area contributed by atoms with Gasteiger partial charge in [-0.3, -0.25) is 4.79 Å². The fraction of sp³-hybridized carbons (Fsp3) is 0.733. The van der Waals surface area contributed by atoms with Crippen LogP contribution < -0.4 is 5.32 Å². The molecule has 1 amide bonds. The number of rotatable bonds is 6. The van der Waals surface area contributed by atoms with Gasteiger partial charge in [0.25, 0.3) is 0 Å². The van der Waals surface area contributed by atoms with Gasteiger partial charge in [0.2, 0.25) is 5.91 Å². The molecule has 5 nitrogen and oxygen atoms in total. The van der Waals surface area contributed by atoms with Crippen LogP contribution in [0.15, 0.2) is 12.2 Å². The molecule has 2 atom stereocenters. The highest BCUT2D eigenvalue weighted by Crippen LogP contribution is 2.18. The number of hydrogen-bond acceptors (Lipinski definition) is 3. The highest BCUT2D eigenvalue weighted by molar-refractivity contribution is 5.85. The maximum absolute atomic E-state index is 12.0. The molecule has 2 unspecified atom stereocenters. The van der Waals surface area contributed by atoms with Crippen molar-refractivity contribution in [1.29, 1.82) is 0 Å². The number of amides is 1. The van der Waals surface area contributed by atoms with Gasteiger partial charge in [-0.05, 0) is 40.0 Å². The SMILES string of the molecule is CC(C)(C)OCCC(NC(=O)C1CC=CCC1)C(=O)O. The van der Waals surface area contributed by atoms with Crippen molar-refractivity contribution >= 4 is 11.9 Å². The Morgan fingerprint density at radius 1 is 1.40 bits per heavy atom. The molecule has 2 N–H and O–H groups in total. The minimum Gasteiger partial charge on any atom is -0.480 e. The molecule has 5 heteroatoms. The third-order valence-corrected chi connectivity index (χ3v) is 3.20. The van der Waals surface area contributed by atoms with Crippen LogP contribution >= 0.6 is 0 Å². The second kappa shape index (κ2) is 7.43. The van der Waals surface area contributed by atoms with Gasteiger partial charge >= 0.3 is 5.97 Å². The number of allylic oxidation sites excluding steroid dienone is 2. The summed E-state index contributed by atoms with van der Waals surface area (Å²) in [7, 11) is 0. The van der Waals surface area contributed by atoms with Gasteiger partial charge in [-0.15, -0.1) is 0 Å². The van der Waals surface area contributed by atoms with E-state index in [9.17, 15) is 9.59 Å². The normalized spacial score (nSPS) is 20.4. The lowest BCUT2D eigenvalue weighted by Gasteiger charge is -2.23. The van der Waals surface area contributed by atoms with Crippen LogP contribution in [0.2, 0.25) is 0 Å². The first kappa shape index (κ1) is 16.7. The minimum atomic E-state index is -1.01. The van der Waals surface area contributed by atoms with Gasteiger partial charge < -0.3 is 15.2 Å². The zero-order valence-corrected chi connectivity index (χ0v) is 12.5. The minimum absolute atomic E-state index is 0.106. The lowest BCUT2D eigenvalue weighted by molar-refractivity contribution is -0.143.